The molecule has 1 aliphatic rings. The minimum absolute atomic E-state index is 0.0198. The number of aryl methyl sites for hydroxylation is 1. The molecule has 120 valence electrons. The number of rotatable bonds is 6. The summed E-state index contributed by atoms with van der Waals surface area (Å²) in [4.78, 5) is 26.0. The number of benzene rings is 1. The van der Waals surface area contributed by atoms with Crippen LogP contribution in [0.15, 0.2) is 18.2 Å². The number of unbranched alkanes of at least 4 members (excludes halogenated alkanes) is 2. The van der Waals surface area contributed by atoms with Gasteiger partial charge >= 0.3 is 0 Å². The number of hydrogen-bond acceptors (Lipinski definition) is 2. The van der Waals surface area contributed by atoms with Crippen LogP contribution in [0.25, 0.3) is 0 Å². The van der Waals surface area contributed by atoms with Gasteiger partial charge in [0, 0.05) is 30.2 Å². The Kier molecular flexibility index (Phi) is 5.83. The highest BCUT2D eigenvalue weighted by atomic mass is 35.5. The lowest BCUT2D eigenvalue weighted by atomic mass is 10.1. The third kappa shape index (κ3) is 4.01. The van der Waals surface area contributed by atoms with E-state index in [1.807, 2.05) is 19.1 Å². The number of nitrogens with zero attached hydrogens (tertiary/aromatic N) is 1. The molecule has 1 aromatic rings. The molecule has 0 aromatic heterocycles. The van der Waals surface area contributed by atoms with Gasteiger partial charge in [-0.1, -0.05) is 37.4 Å². The van der Waals surface area contributed by atoms with Crippen molar-refractivity contribution >= 4 is 29.1 Å². The summed E-state index contributed by atoms with van der Waals surface area (Å²) in [5.74, 6) is -0.312. The lowest BCUT2D eigenvalue weighted by Gasteiger charge is -2.17. The van der Waals surface area contributed by atoms with Gasteiger partial charge in [0.25, 0.3) is 0 Å². The zero-order chi connectivity index (χ0) is 16.1. The molecule has 0 unspecified atom stereocenters. The van der Waals surface area contributed by atoms with Gasteiger partial charge in [-0.15, -0.1) is 0 Å². The van der Waals surface area contributed by atoms with Crippen molar-refractivity contribution in [2.45, 2.75) is 39.5 Å². The lowest BCUT2D eigenvalue weighted by Crippen LogP contribution is -2.33. The van der Waals surface area contributed by atoms with E-state index >= 15 is 0 Å². The van der Waals surface area contributed by atoms with Crippen molar-refractivity contribution in [1.82, 2.24) is 5.32 Å². The molecular formula is C17H23ClN2O2. The highest BCUT2D eigenvalue weighted by Gasteiger charge is 2.35. The van der Waals surface area contributed by atoms with Gasteiger partial charge in [-0.2, -0.15) is 0 Å². The molecule has 1 N–H and O–H groups in total. The first kappa shape index (κ1) is 16.8. The predicted molar refractivity (Wildman–Crippen MR) is 89.2 cm³/mol. The molecule has 0 saturated carbocycles. The molecule has 0 aliphatic carbocycles. The minimum atomic E-state index is -0.269. The van der Waals surface area contributed by atoms with E-state index in [0.29, 0.717) is 18.1 Å². The third-order valence-electron chi connectivity index (χ3n) is 4.04. The molecule has 2 rings (SSSR count). The maximum Gasteiger partial charge on any atom is 0.227 e. The van der Waals surface area contributed by atoms with E-state index in [2.05, 4.69) is 12.2 Å². The van der Waals surface area contributed by atoms with Gasteiger partial charge in [0.2, 0.25) is 11.8 Å². The molecular weight excluding hydrogens is 300 g/mol. The molecule has 1 aliphatic heterocycles. The van der Waals surface area contributed by atoms with Crippen molar-refractivity contribution in [3.05, 3.63) is 28.8 Å². The average molecular weight is 323 g/mol. The normalized spacial score (nSPS) is 17.9. The van der Waals surface area contributed by atoms with Crippen LogP contribution in [-0.4, -0.2) is 24.9 Å². The Labute approximate surface area is 136 Å². The SMILES string of the molecule is CCCCCNC(=O)[C@@H]1CC(=O)N(c2ccc(C)c(Cl)c2)C1. The molecule has 1 saturated heterocycles. The van der Waals surface area contributed by atoms with Gasteiger partial charge < -0.3 is 10.2 Å². The third-order valence-corrected chi connectivity index (χ3v) is 4.45. The van der Waals surface area contributed by atoms with Gasteiger partial charge in [-0.3, -0.25) is 9.59 Å². The summed E-state index contributed by atoms with van der Waals surface area (Å²) >= 11 is 6.12. The second-order valence-corrected chi connectivity index (χ2v) is 6.24. The van der Waals surface area contributed by atoms with Crippen molar-refractivity contribution in [1.29, 1.82) is 0 Å². The van der Waals surface area contributed by atoms with Crippen LogP contribution in [0.3, 0.4) is 0 Å². The fourth-order valence-corrected chi connectivity index (χ4v) is 2.79. The number of carbonyl (C=O) groups is 2. The van der Waals surface area contributed by atoms with Crippen LogP contribution >= 0.6 is 11.6 Å². The van der Waals surface area contributed by atoms with Crippen LogP contribution < -0.4 is 10.2 Å². The Morgan fingerprint density at radius 3 is 2.86 bits per heavy atom. The smallest absolute Gasteiger partial charge is 0.227 e. The summed E-state index contributed by atoms with van der Waals surface area (Å²) in [6, 6.07) is 5.56. The predicted octanol–water partition coefficient (Wildman–Crippen LogP) is 3.31. The van der Waals surface area contributed by atoms with Crippen molar-refractivity contribution in [3.8, 4) is 0 Å². The van der Waals surface area contributed by atoms with Crippen molar-refractivity contribution < 1.29 is 9.59 Å². The van der Waals surface area contributed by atoms with Crippen molar-refractivity contribution in [2.24, 2.45) is 5.92 Å². The number of hydrogen-bond donors (Lipinski definition) is 1. The van der Waals surface area contributed by atoms with Gasteiger partial charge in [0.1, 0.15) is 0 Å². The minimum Gasteiger partial charge on any atom is -0.356 e. The molecule has 2 amide bonds. The molecule has 5 heteroatoms. The Morgan fingerprint density at radius 1 is 1.41 bits per heavy atom. The molecule has 1 fully saturated rings. The summed E-state index contributed by atoms with van der Waals surface area (Å²) in [6.45, 7) is 5.16. The van der Waals surface area contributed by atoms with Crippen molar-refractivity contribution in [3.63, 3.8) is 0 Å². The summed E-state index contributed by atoms with van der Waals surface area (Å²) < 4.78 is 0. The van der Waals surface area contributed by atoms with Gasteiger partial charge in [0.15, 0.2) is 0 Å². The highest BCUT2D eigenvalue weighted by molar-refractivity contribution is 6.31. The van der Waals surface area contributed by atoms with E-state index in [4.69, 9.17) is 11.6 Å². The first-order valence-corrected chi connectivity index (χ1v) is 8.25. The lowest BCUT2D eigenvalue weighted by molar-refractivity contribution is -0.126. The van der Waals surface area contributed by atoms with E-state index in [9.17, 15) is 9.59 Å². The standard InChI is InChI=1S/C17H23ClN2O2/c1-3-4-5-8-19-17(22)13-9-16(21)20(11-13)14-7-6-12(2)15(18)10-14/h6-7,10,13H,3-5,8-9,11H2,1-2H3,(H,19,22)/t13-/m1/s1. The number of amides is 2. The molecule has 0 bridgehead atoms. The van der Waals surface area contributed by atoms with Crippen LogP contribution in [0.2, 0.25) is 5.02 Å². The Balaban J connectivity index is 1.95. The second-order valence-electron chi connectivity index (χ2n) is 5.84. The molecule has 1 heterocycles. The fraction of sp³-hybridized carbons (Fsp3) is 0.529. The maximum absolute atomic E-state index is 12.2. The zero-order valence-corrected chi connectivity index (χ0v) is 13.9. The monoisotopic (exact) mass is 322 g/mol. The van der Waals surface area contributed by atoms with Crippen LogP contribution in [0.5, 0.6) is 0 Å². The Hall–Kier alpha value is -1.55. The first-order chi connectivity index (χ1) is 10.5. The number of nitrogens with one attached hydrogen (secondary N) is 1. The molecule has 0 spiro atoms. The van der Waals surface area contributed by atoms with Crippen molar-refractivity contribution in [2.75, 3.05) is 18.0 Å². The first-order valence-electron chi connectivity index (χ1n) is 7.87. The highest BCUT2D eigenvalue weighted by Crippen LogP contribution is 2.28. The number of halogens is 1. The molecule has 0 radical (unpaired) electrons. The molecule has 1 aromatic carbocycles. The number of anilines is 1. The largest absolute Gasteiger partial charge is 0.356 e. The van der Waals surface area contributed by atoms with E-state index in [0.717, 1.165) is 30.5 Å². The van der Waals surface area contributed by atoms with Gasteiger partial charge in [0.05, 0.1) is 5.92 Å². The quantitative estimate of drug-likeness (QED) is 0.817. The van der Waals surface area contributed by atoms with Gasteiger partial charge in [-0.05, 0) is 31.0 Å². The summed E-state index contributed by atoms with van der Waals surface area (Å²) in [6.07, 6.45) is 3.49. The average Bonchev–Trinajstić information content (AvgIpc) is 2.88. The van der Waals surface area contributed by atoms with E-state index < -0.39 is 0 Å². The van der Waals surface area contributed by atoms with E-state index in [1.165, 1.54) is 0 Å². The fourth-order valence-electron chi connectivity index (χ4n) is 2.61. The molecule has 1 atom stereocenters. The second kappa shape index (κ2) is 7.63. The molecule has 4 nitrogen and oxygen atoms in total. The van der Waals surface area contributed by atoms with Gasteiger partial charge in [-0.25, -0.2) is 0 Å². The van der Waals surface area contributed by atoms with Crippen LogP contribution in [0.1, 0.15) is 38.2 Å². The topological polar surface area (TPSA) is 49.4 Å². The summed E-state index contributed by atoms with van der Waals surface area (Å²) in [5.41, 5.74) is 1.74. The number of carbonyl (C=O) groups excluding carboxylic acids is 2. The molecule has 22 heavy (non-hydrogen) atoms. The summed E-state index contributed by atoms with van der Waals surface area (Å²) in [7, 11) is 0. The van der Waals surface area contributed by atoms with E-state index in [1.54, 1.807) is 11.0 Å². The van der Waals surface area contributed by atoms with Crippen LogP contribution in [0.4, 0.5) is 5.69 Å². The summed E-state index contributed by atoms with van der Waals surface area (Å²) in [5, 5.41) is 3.57. The van der Waals surface area contributed by atoms with Crippen LogP contribution in [0, 0.1) is 12.8 Å². The Bertz CT molecular complexity index is 560. The van der Waals surface area contributed by atoms with E-state index in [-0.39, 0.29) is 24.2 Å². The maximum atomic E-state index is 12.2. The zero-order valence-electron chi connectivity index (χ0n) is 13.2. The Morgan fingerprint density at radius 2 is 2.18 bits per heavy atom. The van der Waals surface area contributed by atoms with Crippen LogP contribution in [-0.2, 0) is 9.59 Å².